The van der Waals surface area contributed by atoms with Gasteiger partial charge < -0.3 is 4.90 Å². The third-order valence-corrected chi connectivity index (χ3v) is 6.33. The van der Waals surface area contributed by atoms with Crippen molar-refractivity contribution in [3.63, 3.8) is 0 Å². The Labute approximate surface area is 202 Å². The zero-order valence-corrected chi connectivity index (χ0v) is 19.4. The first-order valence-electron chi connectivity index (χ1n) is 11.0. The first-order chi connectivity index (χ1) is 16.8. The van der Waals surface area contributed by atoms with Crippen LogP contribution in [0.25, 0.3) is 10.2 Å². The van der Waals surface area contributed by atoms with E-state index in [1.165, 1.54) is 16.8 Å². The van der Waals surface area contributed by atoms with Crippen molar-refractivity contribution in [1.82, 2.24) is 9.97 Å². The number of thiophene rings is 1. The van der Waals surface area contributed by atoms with Crippen LogP contribution in [0.4, 0.5) is 11.5 Å². The summed E-state index contributed by atoms with van der Waals surface area (Å²) in [5.41, 5.74) is 3.27. The van der Waals surface area contributed by atoms with Crippen LogP contribution in [0.1, 0.15) is 28.8 Å². The third-order valence-electron chi connectivity index (χ3n) is 5.29. The molecule has 0 bridgehead atoms. The minimum atomic E-state index is 0.421. The quantitative estimate of drug-likeness (QED) is 0.260. The average molecular weight is 466 g/mol. The molecule has 0 aliphatic heterocycles. The molecule has 0 amide bonds. The zero-order valence-electron chi connectivity index (χ0n) is 18.6. The number of hydrogen-bond donors (Lipinski definition) is 0. The molecule has 0 atom stereocenters. The van der Waals surface area contributed by atoms with Crippen LogP contribution in [0.15, 0.2) is 77.2 Å². The highest BCUT2D eigenvalue weighted by Gasteiger charge is 2.09. The molecule has 4 aromatic rings. The fourth-order valence-electron chi connectivity index (χ4n) is 3.59. The molecule has 4 rings (SSSR count). The Bertz CT molecular complexity index is 1310. The van der Waals surface area contributed by atoms with Crippen molar-refractivity contribution in [3.05, 3.63) is 83.0 Å². The van der Waals surface area contributed by atoms with Gasteiger partial charge in [0.2, 0.25) is 0 Å². The molecule has 0 unspecified atom stereocenters. The van der Waals surface area contributed by atoms with Crippen molar-refractivity contribution in [1.29, 1.82) is 10.5 Å². The maximum atomic E-state index is 8.88. The Morgan fingerprint density at radius 3 is 2.32 bits per heavy atom. The van der Waals surface area contributed by atoms with E-state index in [9.17, 15) is 0 Å². The summed E-state index contributed by atoms with van der Waals surface area (Å²) in [6.45, 7) is 1.64. The molecule has 7 nitrogen and oxygen atoms in total. The summed E-state index contributed by atoms with van der Waals surface area (Å²) in [5, 5.41) is 27.4. The number of aromatic nitrogens is 2. The molecule has 0 fully saturated rings. The van der Waals surface area contributed by atoms with Gasteiger partial charge in [0.1, 0.15) is 11.2 Å². The predicted octanol–water partition coefficient (Wildman–Crippen LogP) is 6.20. The maximum absolute atomic E-state index is 8.88. The number of anilines is 1. The van der Waals surface area contributed by atoms with Gasteiger partial charge >= 0.3 is 0 Å². The van der Waals surface area contributed by atoms with Crippen LogP contribution >= 0.6 is 11.3 Å². The number of benzene rings is 2. The van der Waals surface area contributed by atoms with E-state index in [1.807, 2.05) is 42.5 Å². The molecule has 0 saturated heterocycles. The second-order valence-electron chi connectivity index (χ2n) is 7.66. The Morgan fingerprint density at radius 2 is 1.62 bits per heavy atom. The van der Waals surface area contributed by atoms with Gasteiger partial charge in [0, 0.05) is 30.1 Å². The summed E-state index contributed by atoms with van der Waals surface area (Å²) in [7, 11) is 0. The zero-order chi connectivity index (χ0) is 23.6. The van der Waals surface area contributed by atoms with Crippen molar-refractivity contribution in [2.45, 2.75) is 25.8 Å². The number of fused-ring (bicyclic) bond motifs is 1. The lowest BCUT2D eigenvalue weighted by atomic mass is 10.1. The molecular weight excluding hydrogens is 442 g/mol. The first kappa shape index (κ1) is 23.0. The Kier molecular flexibility index (Phi) is 7.89. The molecule has 0 saturated carbocycles. The van der Waals surface area contributed by atoms with Gasteiger partial charge in [-0.2, -0.15) is 15.6 Å². The standard InChI is InChI=1S/C26H23N7S/c27-12-4-14-33(15-5-13-28)22-10-8-21(9-11-22)18-31-32-25-24-17-23(34-26(24)30-19-29-25)16-20-6-2-1-3-7-20/h1-3,6-11,17,19H,4-5,14-16,18H2. The van der Waals surface area contributed by atoms with Gasteiger partial charge in [-0.1, -0.05) is 42.5 Å². The summed E-state index contributed by atoms with van der Waals surface area (Å²) >= 11 is 1.65. The molecule has 0 aliphatic rings. The lowest BCUT2D eigenvalue weighted by Crippen LogP contribution is -2.25. The van der Waals surface area contributed by atoms with E-state index < -0.39 is 0 Å². The Balaban J connectivity index is 1.43. The summed E-state index contributed by atoms with van der Waals surface area (Å²) in [6, 6.07) is 24.8. The van der Waals surface area contributed by atoms with E-state index in [1.54, 1.807) is 11.3 Å². The topological polar surface area (TPSA) is 101 Å². The number of nitriles is 2. The van der Waals surface area contributed by atoms with Gasteiger partial charge in [0.05, 0.1) is 36.9 Å². The van der Waals surface area contributed by atoms with Crippen molar-refractivity contribution in [3.8, 4) is 12.1 Å². The number of nitrogens with zero attached hydrogens (tertiary/aromatic N) is 7. The lowest BCUT2D eigenvalue weighted by Gasteiger charge is -2.22. The van der Waals surface area contributed by atoms with E-state index in [-0.39, 0.29) is 0 Å². The maximum Gasteiger partial charge on any atom is 0.185 e. The van der Waals surface area contributed by atoms with E-state index in [4.69, 9.17) is 10.5 Å². The van der Waals surface area contributed by atoms with Crippen molar-refractivity contribution in [2.75, 3.05) is 18.0 Å². The highest BCUT2D eigenvalue weighted by atomic mass is 32.1. The summed E-state index contributed by atoms with van der Waals surface area (Å²) < 4.78 is 0. The normalized spacial score (nSPS) is 10.9. The van der Waals surface area contributed by atoms with Crippen LogP contribution in [-0.2, 0) is 13.0 Å². The molecular formula is C26H23N7S. The predicted molar refractivity (Wildman–Crippen MR) is 134 cm³/mol. The SMILES string of the molecule is N#CCCN(CCC#N)c1ccc(CN=Nc2ncnc3sc(Cc4ccccc4)cc23)cc1. The second kappa shape index (κ2) is 11.6. The van der Waals surface area contributed by atoms with Crippen molar-refractivity contribution >= 4 is 33.1 Å². The summed E-state index contributed by atoms with van der Waals surface area (Å²) in [4.78, 5) is 12.9. The highest BCUT2D eigenvalue weighted by Crippen LogP contribution is 2.31. The molecule has 0 radical (unpaired) electrons. The van der Waals surface area contributed by atoms with Gasteiger partial charge in [-0.05, 0) is 29.3 Å². The molecule has 0 spiro atoms. The van der Waals surface area contributed by atoms with Crippen LogP contribution in [0, 0.1) is 22.7 Å². The van der Waals surface area contributed by atoms with E-state index >= 15 is 0 Å². The van der Waals surface area contributed by atoms with Crippen LogP contribution in [0.3, 0.4) is 0 Å². The molecule has 2 heterocycles. The van der Waals surface area contributed by atoms with Gasteiger partial charge in [0.25, 0.3) is 0 Å². The lowest BCUT2D eigenvalue weighted by molar-refractivity contribution is 0.796. The van der Waals surface area contributed by atoms with Gasteiger partial charge in [0.15, 0.2) is 5.82 Å². The molecule has 0 aliphatic carbocycles. The monoisotopic (exact) mass is 465 g/mol. The second-order valence-corrected chi connectivity index (χ2v) is 8.78. The van der Waals surface area contributed by atoms with Crippen LogP contribution in [0.5, 0.6) is 0 Å². The van der Waals surface area contributed by atoms with E-state index in [0.29, 0.717) is 38.3 Å². The van der Waals surface area contributed by atoms with Crippen LogP contribution < -0.4 is 4.90 Å². The fourth-order valence-corrected chi connectivity index (χ4v) is 4.62. The van der Waals surface area contributed by atoms with Gasteiger partial charge in [-0.15, -0.1) is 16.5 Å². The number of rotatable bonds is 10. The van der Waals surface area contributed by atoms with Gasteiger partial charge in [-0.25, -0.2) is 9.97 Å². The van der Waals surface area contributed by atoms with E-state index in [2.05, 4.69) is 55.4 Å². The molecule has 2 aromatic carbocycles. The van der Waals surface area contributed by atoms with E-state index in [0.717, 1.165) is 27.9 Å². The first-order valence-corrected chi connectivity index (χ1v) is 11.8. The summed E-state index contributed by atoms with van der Waals surface area (Å²) in [5.74, 6) is 0.580. The minimum Gasteiger partial charge on any atom is -0.369 e. The molecule has 8 heteroatoms. The summed E-state index contributed by atoms with van der Waals surface area (Å²) in [6.07, 6.45) is 3.23. The minimum absolute atomic E-state index is 0.421. The van der Waals surface area contributed by atoms with Crippen molar-refractivity contribution < 1.29 is 0 Å². The third kappa shape index (κ3) is 6.00. The van der Waals surface area contributed by atoms with Crippen LogP contribution in [-0.4, -0.2) is 23.1 Å². The highest BCUT2D eigenvalue weighted by molar-refractivity contribution is 7.18. The smallest absolute Gasteiger partial charge is 0.185 e. The molecule has 34 heavy (non-hydrogen) atoms. The molecule has 0 N–H and O–H groups in total. The largest absolute Gasteiger partial charge is 0.369 e. The van der Waals surface area contributed by atoms with Crippen LogP contribution in [0.2, 0.25) is 0 Å². The molecule has 2 aromatic heterocycles. The fraction of sp³-hybridized carbons (Fsp3) is 0.231. The average Bonchev–Trinajstić information content (AvgIpc) is 3.29. The number of azo groups is 1. The Morgan fingerprint density at radius 1 is 0.882 bits per heavy atom. The number of hydrogen-bond acceptors (Lipinski definition) is 8. The van der Waals surface area contributed by atoms with Gasteiger partial charge in [-0.3, -0.25) is 0 Å². The molecule has 168 valence electrons. The Hall–Kier alpha value is -4.14. The van der Waals surface area contributed by atoms with Crippen molar-refractivity contribution in [2.24, 2.45) is 10.2 Å².